The Hall–Kier alpha value is -1.09. The molecule has 1 aromatic rings. The molecule has 0 aliphatic carbocycles. The van der Waals surface area contributed by atoms with E-state index >= 15 is 0 Å². The van der Waals surface area contributed by atoms with Crippen molar-refractivity contribution in [1.82, 2.24) is 0 Å². The Balaban J connectivity index is 2.89. The van der Waals surface area contributed by atoms with Crippen LogP contribution in [0.2, 0.25) is 0 Å². The van der Waals surface area contributed by atoms with E-state index in [-0.39, 0.29) is 11.5 Å². The highest BCUT2D eigenvalue weighted by atomic mass is 16.3. The Morgan fingerprint density at radius 2 is 2.15 bits per heavy atom. The third kappa shape index (κ3) is 1.80. The van der Waals surface area contributed by atoms with E-state index in [2.05, 4.69) is 0 Å². The maximum absolute atomic E-state index is 11.6. The summed E-state index contributed by atoms with van der Waals surface area (Å²) in [6.45, 7) is 3.56. The number of hydrogen-bond acceptors (Lipinski definition) is 3. The van der Waals surface area contributed by atoms with E-state index in [4.69, 9.17) is 4.42 Å². The predicted molar refractivity (Wildman–Crippen MR) is 48.6 cm³/mol. The smallest absolute Gasteiger partial charge is 0.229 e. The molecule has 1 aromatic heterocycles. The van der Waals surface area contributed by atoms with E-state index in [1.807, 2.05) is 0 Å². The van der Waals surface area contributed by atoms with Gasteiger partial charge in [-0.2, -0.15) is 0 Å². The van der Waals surface area contributed by atoms with Crippen LogP contribution in [0.5, 0.6) is 0 Å². The van der Waals surface area contributed by atoms with E-state index in [0.717, 1.165) is 0 Å². The minimum atomic E-state index is -1.27. The molecule has 72 valence electrons. The van der Waals surface area contributed by atoms with Crippen LogP contribution in [0.4, 0.5) is 0 Å². The molecule has 1 rings (SSSR count). The summed E-state index contributed by atoms with van der Waals surface area (Å²) in [5.41, 5.74) is -1.27. The second-order valence-corrected chi connectivity index (χ2v) is 3.05. The van der Waals surface area contributed by atoms with Gasteiger partial charge in [-0.25, -0.2) is 0 Å². The largest absolute Gasteiger partial charge is 0.461 e. The number of Topliss-reactive ketones (excluding diaryl/α,β-unsaturated/α-hetero) is 1. The molecule has 0 aliphatic rings. The predicted octanol–water partition coefficient (Wildman–Crippen LogP) is 2.01. The van der Waals surface area contributed by atoms with Crippen LogP contribution in [0.3, 0.4) is 0 Å². The topological polar surface area (TPSA) is 50.4 Å². The van der Waals surface area contributed by atoms with Crippen LogP contribution in [0, 0.1) is 0 Å². The van der Waals surface area contributed by atoms with Crippen LogP contribution in [0.25, 0.3) is 0 Å². The van der Waals surface area contributed by atoms with Gasteiger partial charge in [-0.3, -0.25) is 4.79 Å². The lowest BCUT2D eigenvalue weighted by Gasteiger charge is -2.21. The minimum Gasteiger partial charge on any atom is -0.461 e. The number of hydrogen-bond donors (Lipinski definition) is 1. The molecule has 0 saturated carbocycles. The number of furan rings is 1. The molecule has 0 saturated heterocycles. The lowest BCUT2D eigenvalue weighted by Crippen LogP contribution is -2.36. The summed E-state index contributed by atoms with van der Waals surface area (Å²) in [4.78, 5) is 11.6. The van der Waals surface area contributed by atoms with Gasteiger partial charge in [-0.15, -0.1) is 0 Å². The van der Waals surface area contributed by atoms with Crippen LogP contribution >= 0.6 is 0 Å². The second kappa shape index (κ2) is 3.75. The summed E-state index contributed by atoms with van der Waals surface area (Å²) in [5, 5.41) is 9.86. The molecule has 0 amide bonds. The Labute approximate surface area is 77.4 Å². The van der Waals surface area contributed by atoms with Crippen molar-refractivity contribution in [1.29, 1.82) is 0 Å². The molecule has 0 aromatic carbocycles. The first-order valence-electron chi connectivity index (χ1n) is 4.44. The van der Waals surface area contributed by atoms with Crippen LogP contribution in [0.15, 0.2) is 22.8 Å². The molecule has 1 N–H and O–H groups in total. The van der Waals surface area contributed by atoms with Crippen molar-refractivity contribution < 1.29 is 14.3 Å². The average molecular weight is 182 g/mol. The minimum absolute atomic E-state index is 0.228. The zero-order valence-electron chi connectivity index (χ0n) is 7.91. The third-order valence-corrected chi connectivity index (χ3v) is 2.34. The quantitative estimate of drug-likeness (QED) is 0.724. The zero-order valence-corrected chi connectivity index (χ0v) is 7.91. The van der Waals surface area contributed by atoms with Gasteiger partial charge < -0.3 is 9.52 Å². The maximum Gasteiger partial charge on any atom is 0.229 e. The zero-order chi connectivity index (χ0) is 9.90. The van der Waals surface area contributed by atoms with Crippen LogP contribution < -0.4 is 0 Å². The lowest BCUT2D eigenvalue weighted by molar-refractivity contribution is 0.0251. The van der Waals surface area contributed by atoms with Gasteiger partial charge in [0.15, 0.2) is 5.76 Å². The Morgan fingerprint density at radius 1 is 1.54 bits per heavy atom. The van der Waals surface area contributed by atoms with Crippen molar-refractivity contribution in [3.05, 3.63) is 24.2 Å². The number of carbonyl (C=O) groups is 1. The summed E-state index contributed by atoms with van der Waals surface area (Å²) in [7, 11) is 0. The number of rotatable bonds is 4. The first-order chi connectivity index (χ1) is 6.14. The third-order valence-electron chi connectivity index (χ3n) is 2.34. The van der Waals surface area contributed by atoms with E-state index in [1.54, 1.807) is 26.0 Å². The molecule has 13 heavy (non-hydrogen) atoms. The van der Waals surface area contributed by atoms with Gasteiger partial charge in [0.05, 0.1) is 6.26 Å². The molecular formula is C10H14O3. The summed E-state index contributed by atoms with van der Waals surface area (Å²) in [6.07, 6.45) is 2.24. The fraction of sp³-hybridized carbons (Fsp3) is 0.500. The molecule has 3 heteroatoms. The van der Waals surface area contributed by atoms with Gasteiger partial charge in [-0.1, -0.05) is 13.8 Å². The number of carbonyl (C=O) groups excluding carboxylic acids is 1. The molecule has 0 bridgehead atoms. The molecule has 0 atom stereocenters. The number of ketones is 1. The molecule has 0 unspecified atom stereocenters. The highest BCUT2D eigenvalue weighted by Crippen LogP contribution is 2.20. The molecule has 0 fully saturated rings. The van der Waals surface area contributed by atoms with Gasteiger partial charge >= 0.3 is 0 Å². The van der Waals surface area contributed by atoms with Crippen molar-refractivity contribution in [2.45, 2.75) is 32.3 Å². The average Bonchev–Trinajstić information content (AvgIpc) is 2.68. The van der Waals surface area contributed by atoms with Gasteiger partial charge in [0.2, 0.25) is 5.78 Å². The molecule has 3 nitrogen and oxygen atoms in total. The maximum atomic E-state index is 11.6. The standard InChI is InChI=1S/C10H14O3/c1-3-10(12,4-2)9(11)8-6-5-7-13-8/h5-7,12H,3-4H2,1-2H3. The van der Waals surface area contributed by atoms with Gasteiger partial charge in [0.1, 0.15) is 5.60 Å². The molecule has 0 spiro atoms. The summed E-state index contributed by atoms with van der Waals surface area (Å²) in [6, 6.07) is 3.21. The normalized spacial score (nSPS) is 11.6. The fourth-order valence-corrected chi connectivity index (χ4v) is 1.21. The molecule has 0 aliphatic heterocycles. The second-order valence-electron chi connectivity index (χ2n) is 3.05. The summed E-state index contributed by atoms with van der Waals surface area (Å²) < 4.78 is 4.94. The Bertz CT molecular complexity index is 270. The fourth-order valence-electron chi connectivity index (χ4n) is 1.21. The highest BCUT2D eigenvalue weighted by Gasteiger charge is 2.34. The SMILES string of the molecule is CCC(O)(CC)C(=O)c1ccco1. The van der Waals surface area contributed by atoms with E-state index < -0.39 is 5.60 Å². The van der Waals surface area contributed by atoms with Crippen LogP contribution in [-0.4, -0.2) is 16.5 Å². The first kappa shape index (κ1) is 9.99. The van der Waals surface area contributed by atoms with Crippen LogP contribution in [-0.2, 0) is 0 Å². The first-order valence-corrected chi connectivity index (χ1v) is 4.44. The van der Waals surface area contributed by atoms with Crippen molar-refractivity contribution in [3.8, 4) is 0 Å². The Morgan fingerprint density at radius 3 is 2.54 bits per heavy atom. The van der Waals surface area contributed by atoms with Crippen LogP contribution in [0.1, 0.15) is 37.2 Å². The molecule has 0 radical (unpaired) electrons. The molecular weight excluding hydrogens is 168 g/mol. The van der Waals surface area contributed by atoms with E-state index in [9.17, 15) is 9.90 Å². The summed E-state index contributed by atoms with van der Waals surface area (Å²) >= 11 is 0. The highest BCUT2D eigenvalue weighted by molar-refractivity contribution is 5.99. The number of aliphatic hydroxyl groups is 1. The molecule has 1 heterocycles. The van der Waals surface area contributed by atoms with Gasteiger partial charge in [0, 0.05) is 0 Å². The van der Waals surface area contributed by atoms with Crippen molar-refractivity contribution in [2.24, 2.45) is 0 Å². The van der Waals surface area contributed by atoms with E-state index in [1.165, 1.54) is 6.26 Å². The van der Waals surface area contributed by atoms with Crippen molar-refractivity contribution in [2.75, 3.05) is 0 Å². The van der Waals surface area contributed by atoms with Gasteiger partial charge in [-0.05, 0) is 25.0 Å². The Kier molecular flexibility index (Phi) is 2.88. The lowest BCUT2D eigenvalue weighted by atomic mass is 9.91. The van der Waals surface area contributed by atoms with Crippen molar-refractivity contribution in [3.63, 3.8) is 0 Å². The summed E-state index contributed by atoms with van der Waals surface area (Å²) in [5.74, 6) is -0.103. The van der Waals surface area contributed by atoms with E-state index in [0.29, 0.717) is 12.8 Å². The van der Waals surface area contributed by atoms with Crippen molar-refractivity contribution >= 4 is 5.78 Å². The monoisotopic (exact) mass is 182 g/mol. The van der Waals surface area contributed by atoms with Gasteiger partial charge in [0.25, 0.3) is 0 Å².